The van der Waals surface area contributed by atoms with Crippen LogP contribution in [0.4, 0.5) is 27.5 Å². The number of thiazole rings is 1. The number of carbonyl (C=O) groups excluding carboxylic acids is 2. The molecule has 0 bridgehead atoms. The summed E-state index contributed by atoms with van der Waals surface area (Å²) in [4.78, 5) is 48.3. The van der Waals surface area contributed by atoms with Crippen LogP contribution in [0.5, 0.6) is 0 Å². The molecule has 0 unspecified atom stereocenters. The van der Waals surface area contributed by atoms with E-state index in [1.54, 1.807) is 43.7 Å². The Balaban J connectivity index is 0.856. The number of aromatic nitrogens is 6. The van der Waals surface area contributed by atoms with Gasteiger partial charge in [0, 0.05) is 62.2 Å². The van der Waals surface area contributed by atoms with Crippen molar-refractivity contribution in [2.45, 2.75) is 90.0 Å². The second-order valence-electron chi connectivity index (χ2n) is 17.5. The van der Waals surface area contributed by atoms with Gasteiger partial charge in [-0.1, -0.05) is 39.8 Å². The van der Waals surface area contributed by atoms with Crippen LogP contribution >= 0.6 is 11.3 Å². The van der Waals surface area contributed by atoms with E-state index < -0.39 is 15.8 Å². The first kappa shape index (κ1) is 43.3. The Labute approximate surface area is 366 Å². The lowest BCUT2D eigenvalue weighted by Gasteiger charge is -2.32. The molecule has 8 rings (SSSR count). The lowest BCUT2D eigenvalue weighted by molar-refractivity contribution is -0.134. The number of benzene rings is 1. The molecule has 0 aliphatic carbocycles. The number of pyridine rings is 1. The average Bonchev–Trinajstić information content (AvgIpc) is 4.02. The van der Waals surface area contributed by atoms with Crippen molar-refractivity contribution in [2.24, 2.45) is 5.92 Å². The first-order valence-corrected chi connectivity index (χ1v) is 23.9. The molecule has 3 N–H and O–H groups in total. The van der Waals surface area contributed by atoms with Crippen LogP contribution in [0.15, 0.2) is 61.2 Å². The summed E-state index contributed by atoms with van der Waals surface area (Å²) in [6, 6.07) is 10.7. The minimum absolute atomic E-state index is 0.113. The van der Waals surface area contributed by atoms with E-state index in [0.717, 1.165) is 80.5 Å². The number of imide groups is 1. The monoisotopic (exact) mass is 883 g/mol. The molecule has 3 aliphatic heterocycles. The van der Waals surface area contributed by atoms with Gasteiger partial charge in [-0.25, -0.2) is 32.7 Å². The summed E-state index contributed by atoms with van der Waals surface area (Å²) < 4.78 is 45.6. The molecule has 2 amide bonds. The number of hydrogen-bond donors (Lipinski definition) is 3. The van der Waals surface area contributed by atoms with Crippen LogP contribution < -0.4 is 20.3 Å². The molecular weight excluding hydrogens is 830 g/mol. The van der Waals surface area contributed by atoms with Gasteiger partial charge in [-0.2, -0.15) is 5.10 Å². The van der Waals surface area contributed by atoms with Crippen LogP contribution in [-0.2, 0) is 25.0 Å². The van der Waals surface area contributed by atoms with Crippen molar-refractivity contribution in [3.63, 3.8) is 0 Å². The first-order valence-electron chi connectivity index (χ1n) is 21.4. The second-order valence-corrected chi connectivity index (χ2v) is 20.4. The normalized spacial score (nSPS) is 19.2. The molecule has 3 aliphatic rings. The van der Waals surface area contributed by atoms with Crippen LogP contribution in [0.3, 0.4) is 0 Å². The number of sulfonamides is 1. The maximum absolute atomic E-state index is 16.1. The Morgan fingerprint density at radius 2 is 1.81 bits per heavy atom. The Morgan fingerprint density at radius 3 is 2.55 bits per heavy atom. The molecule has 2 atom stereocenters. The number of piperidine rings is 2. The zero-order valence-electron chi connectivity index (χ0n) is 35.6. The number of nitrogens with one attached hydrogen (secondary N) is 3. The molecule has 3 saturated heterocycles. The largest absolute Gasteiger partial charge is 0.356 e. The van der Waals surface area contributed by atoms with Crippen molar-refractivity contribution in [1.29, 1.82) is 0 Å². The fraction of sp³-hybridized carbons (Fsp3) is 0.477. The minimum atomic E-state index is -3.71. The average molecular weight is 884 g/mol. The molecule has 3 fully saturated rings. The summed E-state index contributed by atoms with van der Waals surface area (Å²) >= 11 is 1.43. The van der Waals surface area contributed by atoms with Crippen molar-refractivity contribution < 1.29 is 22.4 Å². The maximum Gasteiger partial charge on any atom is 0.234 e. The highest BCUT2D eigenvalue weighted by Gasteiger charge is 2.31. The third kappa shape index (κ3) is 9.97. The molecule has 1 aromatic carbocycles. The van der Waals surface area contributed by atoms with E-state index in [0.29, 0.717) is 47.4 Å². The lowest BCUT2D eigenvalue weighted by atomic mass is 9.92. The summed E-state index contributed by atoms with van der Waals surface area (Å²) in [6.45, 7) is 12.9. The summed E-state index contributed by atoms with van der Waals surface area (Å²) in [6.07, 6.45) is 12.8. The van der Waals surface area contributed by atoms with Crippen molar-refractivity contribution in [3.05, 3.63) is 77.6 Å². The van der Waals surface area contributed by atoms with Gasteiger partial charge in [0.05, 0.1) is 56.6 Å². The van der Waals surface area contributed by atoms with Crippen LogP contribution in [0.1, 0.15) is 95.2 Å². The topological polar surface area (TPSA) is 180 Å². The number of halogens is 1. The van der Waals surface area contributed by atoms with E-state index in [1.165, 1.54) is 17.4 Å². The van der Waals surface area contributed by atoms with Crippen LogP contribution in [0.2, 0.25) is 0 Å². The van der Waals surface area contributed by atoms with Crippen molar-refractivity contribution in [2.75, 3.05) is 53.4 Å². The first-order chi connectivity index (χ1) is 29.7. The molecule has 15 nitrogen and oxygen atoms in total. The van der Waals surface area contributed by atoms with E-state index in [9.17, 15) is 18.0 Å². The van der Waals surface area contributed by atoms with Gasteiger partial charge >= 0.3 is 0 Å². The highest BCUT2D eigenvalue weighted by molar-refractivity contribution is 7.92. The van der Waals surface area contributed by atoms with Gasteiger partial charge in [-0.15, -0.1) is 11.3 Å². The maximum atomic E-state index is 16.1. The third-order valence-electron chi connectivity index (χ3n) is 11.8. The summed E-state index contributed by atoms with van der Waals surface area (Å²) in [5, 5.41) is 11.2. The highest BCUT2D eigenvalue weighted by Crippen LogP contribution is 2.42. The summed E-state index contributed by atoms with van der Waals surface area (Å²) in [7, 11) is -3.71. The standard InChI is InChI=1S/C44H54FN11O4S2/c1-5-23-62(59,60)53-34-8-6-7-33(38(34)45)39-40(61-42(52-39)44(2,3)4)35-13-18-46-43(50-35)49-30-25-48-56(27-30)31-16-20-54(21-17-31)19-14-28-15-22-55(26-28)36-11-9-29(24-47-36)32-10-12-37(57)51-41(32)58/h6-9,11,13,18,24-25,27-28,31-32,53H,5,10,12,14-17,19-23,26H2,1-4H3,(H,46,49,50)(H,51,57,58)/t28-,32-/m0/s1. The fourth-order valence-electron chi connectivity index (χ4n) is 8.41. The van der Waals surface area contributed by atoms with Crippen LogP contribution in [-0.4, -0.2) is 93.3 Å². The predicted octanol–water partition coefficient (Wildman–Crippen LogP) is 7.26. The number of likely N-dealkylation sites (tertiary alicyclic amines) is 1. The summed E-state index contributed by atoms with van der Waals surface area (Å²) in [5.41, 5.74) is 2.29. The number of amides is 2. The predicted molar refractivity (Wildman–Crippen MR) is 239 cm³/mol. The highest BCUT2D eigenvalue weighted by atomic mass is 32.2. The van der Waals surface area contributed by atoms with Crippen LogP contribution in [0.25, 0.3) is 21.8 Å². The Kier molecular flexibility index (Phi) is 12.7. The second kappa shape index (κ2) is 18.2. The van der Waals surface area contributed by atoms with Gasteiger partial charge in [-0.3, -0.25) is 24.3 Å². The SMILES string of the molecule is CCCS(=O)(=O)Nc1cccc(-c2nc(C(C)(C)C)sc2-c2ccnc(Nc3cnn(C4CCN(CC[C@H]5CCN(c6ccc([C@@H]7CCC(=O)NC7=O)cn6)C5)CC4)c3)n2)c1F. The van der Waals surface area contributed by atoms with E-state index in [-0.39, 0.29) is 46.2 Å². The Hall–Kier alpha value is -5.33. The Bertz CT molecular complexity index is 2510. The van der Waals surface area contributed by atoms with E-state index in [4.69, 9.17) is 20.1 Å². The molecule has 7 heterocycles. The number of nitrogens with zero attached hydrogens (tertiary/aromatic N) is 8. The van der Waals surface area contributed by atoms with Gasteiger partial charge in [0.25, 0.3) is 0 Å². The third-order valence-corrected chi connectivity index (χ3v) is 14.8. The van der Waals surface area contributed by atoms with E-state index in [2.05, 4.69) is 30.1 Å². The quantitative estimate of drug-likeness (QED) is 0.0952. The molecule has 0 saturated carbocycles. The summed E-state index contributed by atoms with van der Waals surface area (Å²) in [5.74, 6) is 0.320. The Morgan fingerprint density at radius 1 is 0.984 bits per heavy atom. The molecule has 0 radical (unpaired) electrons. The van der Waals surface area contributed by atoms with Gasteiger partial charge in [0.15, 0.2) is 5.82 Å². The van der Waals surface area contributed by atoms with Crippen molar-refractivity contribution in [1.82, 2.24) is 39.9 Å². The minimum Gasteiger partial charge on any atom is -0.356 e. The fourth-order valence-corrected chi connectivity index (χ4v) is 10.6. The molecule has 62 heavy (non-hydrogen) atoms. The molecule has 4 aromatic heterocycles. The van der Waals surface area contributed by atoms with Gasteiger partial charge in [-0.05, 0) is 80.8 Å². The number of hydrogen-bond acceptors (Lipinski definition) is 13. The zero-order chi connectivity index (χ0) is 43.6. The van der Waals surface area contributed by atoms with Gasteiger partial charge in [0.1, 0.15) is 5.82 Å². The van der Waals surface area contributed by atoms with Crippen molar-refractivity contribution >= 4 is 56.3 Å². The number of rotatable bonds is 14. The van der Waals surface area contributed by atoms with Crippen LogP contribution in [0, 0.1) is 11.7 Å². The van der Waals surface area contributed by atoms with Gasteiger partial charge < -0.3 is 15.1 Å². The van der Waals surface area contributed by atoms with Crippen molar-refractivity contribution in [3.8, 4) is 21.8 Å². The number of anilines is 4. The van der Waals surface area contributed by atoms with Gasteiger partial charge in [0.2, 0.25) is 27.8 Å². The van der Waals surface area contributed by atoms with E-state index in [1.807, 2.05) is 43.8 Å². The molecule has 5 aromatic rings. The number of carbonyl (C=O) groups is 2. The molecule has 0 spiro atoms. The lowest BCUT2D eigenvalue weighted by Crippen LogP contribution is -2.39. The van der Waals surface area contributed by atoms with E-state index >= 15 is 4.39 Å². The zero-order valence-corrected chi connectivity index (χ0v) is 37.2. The smallest absolute Gasteiger partial charge is 0.234 e. The molecular formula is C44H54FN11O4S2. The molecule has 328 valence electrons. The molecule has 18 heteroatoms.